The fraction of sp³-hybridized carbons (Fsp3) is 0.529. The number of hydrogen-bond acceptors (Lipinski definition) is 4. The van der Waals surface area contributed by atoms with Crippen molar-refractivity contribution in [2.75, 3.05) is 6.54 Å². The van der Waals surface area contributed by atoms with Crippen molar-refractivity contribution in [1.29, 1.82) is 0 Å². The molecule has 1 heterocycles. The molecule has 1 aliphatic heterocycles. The molecule has 1 aliphatic rings. The zero-order valence-electron chi connectivity index (χ0n) is 15.0. The highest BCUT2D eigenvalue weighted by Crippen LogP contribution is 2.31. The number of sulfonamides is 1. The van der Waals surface area contributed by atoms with Crippen molar-refractivity contribution >= 4 is 21.8 Å². The summed E-state index contributed by atoms with van der Waals surface area (Å²) in [6.07, 6.45) is -0.138. The molecule has 0 spiro atoms. The molecule has 2 rings (SSSR count). The van der Waals surface area contributed by atoms with Crippen LogP contribution in [0.4, 0.5) is 4.79 Å². The molecule has 138 valence electrons. The molecular formula is C17H25N3O4S. The van der Waals surface area contributed by atoms with Crippen LogP contribution in [0.1, 0.15) is 39.2 Å². The Kier molecular flexibility index (Phi) is 5.41. The monoisotopic (exact) mass is 367 g/mol. The van der Waals surface area contributed by atoms with Crippen LogP contribution in [-0.2, 0) is 10.0 Å². The Bertz CT molecular complexity index is 764. The van der Waals surface area contributed by atoms with Crippen molar-refractivity contribution < 1.29 is 18.3 Å². The number of nitrogens with one attached hydrogen (secondary N) is 1. The number of piperidine rings is 1. The number of carbonyl (C=O) groups is 1. The van der Waals surface area contributed by atoms with Crippen LogP contribution in [0, 0.1) is 12.3 Å². The van der Waals surface area contributed by atoms with E-state index in [9.17, 15) is 18.3 Å². The van der Waals surface area contributed by atoms with Crippen molar-refractivity contribution in [3.8, 4) is 0 Å². The van der Waals surface area contributed by atoms with E-state index in [1.165, 1.54) is 17.0 Å². The summed E-state index contributed by atoms with van der Waals surface area (Å²) in [6.45, 7) is 8.09. The summed E-state index contributed by atoms with van der Waals surface area (Å²) in [5, 5.41) is 13.4. The Hall–Kier alpha value is -2.09. The highest BCUT2D eigenvalue weighted by Gasteiger charge is 2.37. The molecule has 7 nitrogen and oxygen atoms in total. The first-order valence-electron chi connectivity index (χ1n) is 8.14. The van der Waals surface area contributed by atoms with Crippen molar-refractivity contribution in [3.05, 3.63) is 29.8 Å². The number of aryl methyl sites for hydroxylation is 1. The lowest BCUT2D eigenvalue weighted by Crippen LogP contribution is -2.52. The minimum Gasteiger partial charge on any atom is -0.465 e. The summed E-state index contributed by atoms with van der Waals surface area (Å²) in [7, 11) is -3.73. The summed E-state index contributed by atoms with van der Waals surface area (Å²) in [6, 6.07) is 6.26. The Morgan fingerprint density at radius 3 is 2.40 bits per heavy atom. The molecule has 8 heteroatoms. The molecular weight excluding hydrogens is 342 g/mol. The fourth-order valence-corrected chi connectivity index (χ4v) is 3.69. The lowest BCUT2D eigenvalue weighted by molar-refractivity contribution is 0.0803. The van der Waals surface area contributed by atoms with E-state index >= 15 is 0 Å². The van der Waals surface area contributed by atoms with Crippen LogP contribution in [-0.4, -0.2) is 42.8 Å². The maximum atomic E-state index is 12.3. The molecule has 1 aromatic rings. The van der Waals surface area contributed by atoms with Crippen LogP contribution < -0.4 is 4.83 Å². The van der Waals surface area contributed by atoms with Gasteiger partial charge in [-0.15, -0.1) is 0 Å². The third-order valence-electron chi connectivity index (χ3n) is 4.35. The number of hydrogen-bond donors (Lipinski definition) is 2. The maximum absolute atomic E-state index is 12.3. The highest BCUT2D eigenvalue weighted by molar-refractivity contribution is 7.89. The van der Waals surface area contributed by atoms with E-state index < -0.39 is 16.1 Å². The standard InChI is InChI=1S/C17H25N3O4S/c1-12-5-7-14(8-6-12)25(23,24)19-18-13-9-10-20(16(21)22)15(11-13)17(2,3)4/h5-8,15,19H,9-11H2,1-4H3,(H,21,22). The zero-order chi connectivity index (χ0) is 18.8. The van der Waals surface area contributed by atoms with Gasteiger partial charge in [0.25, 0.3) is 10.0 Å². The summed E-state index contributed by atoms with van der Waals surface area (Å²) >= 11 is 0. The second-order valence-corrected chi connectivity index (χ2v) is 9.06. The number of amides is 1. The Morgan fingerprint density at radius 2 is 1.88 bits per heavy atom. The lowest BCUT2D eigenvalue weighted by Gasteiger charge is -2.42. The van der Waals surface area contributed by atoms with Gasteiger partial charge in [0.05, 0.1) is 4.90 Å². The largest absolute Gasteiger partial charge is 0.465 e. The zero-order valence-corrected chi connectivity index (χ0v) is 15.8. The topological polar surface area (TPSA) is 99.1 Å². The first kappa shape index (κ1) is 19.2. The van der Waals surface area contributed by atoms with E-state index in [-0.39, 0.29) is 16.4 Å². The van der Waals surface area contributed by atoms with Crippen LogP contribution >= 0.6 is 0 Å². The third-order valence-corrected chi connectivity index (χ3v) is 5.57. The first-order chi connectivity index (χ1) is 11.5. The van der Waals surface area contributed by atoms with E-state index in [1.54, 1.807) is 12.1 Å². The Morgan fingerprint density at radius 1 is 1.28 bits per heavy atom. The Balaban J connectivity index is 2.16. The van der Waals surface area contributed by atoms with Crippen molar-refractivity contribution in [2.24, 2.45) is 10.5 Å². The van der Waals surface area contributed by atoms with Gasteiger partial charge in [0.15, 0.2) is 0 Å². The predicted octanol–water partition coefficient (Wildman–Crippen LogP) is 2.82. The second kappa shape index (κ2) is 7.03. The van der Waals surface area contributed by atoms with Gasteiger partial charge in [0.2, 0.25) is 0 Å². The first-order valence-corrected chi connectivity index (χ1v) is 9.62. The number of nitrogens with zero attached hydrogens (tertiary/aromatic N) is 2. The van der Waals surface area contributed by atoms with Gasteiger partial charge in [-0.2, -0.15) is 13.5 Å². The number of carboxylic acid groups (broad SMARTS) is 1. The average molecular weight is 367 g/mol. The number of hydrazone groups is 1. The van der Waals surface area contributed by atoms with Crippen molar-refractivity contribution in [2.45, 2.75) is 51.5 Å². The van der Waals surface area contributed by atoms with Crippen LogP contribution in [0.15, 0.2) is 34.3 Å². The third kappa shape index (κ3) is 4.72. The molecule has 0 aliphatic carbocycles. The van der Waals surface area contributed by atoms with E-state index in [2.05, 4.69) is 9.93 Å². The molecule has 1 amide bonds. The van der Waals surface area contributed by atoms with Gasteiger partial charge in [0.1, 0.15) is 0 Å². The van der Waals surface area contributed by atoms with Gasteiger partial charge in [-0.25, -0.2) is 9.63 Å². The number of benzene rings is 1. The van der Waals surface area contributed by atoms with Gasteiger partial charge in [-0.3, -0.25) is 0 Å². The van der Waals surface area contributed by atoms with Crippen LogP contribution in [0.2, 0.25) is 0 Å². The van der Waals surface area contributed by atoms with Crippen molar-refractivity contribution in [1.82, 2.24) is 9.73 Å². The van der Waals surface area contributed by atoms with E-state index in [0.29, 0.717) is 25.1 Å². The van der Waals surface area contributed by atoms with E-state index in [0.717, 1.165) is 5.56 Å². The summed E-state index contributed by atoms with van der Waals surface area (Å²) in [5.74, 6) is 0. The van der Waals surface area contributed by atoms with Gasteiger partial charge < -0.3 is 10.0 Å². The van der Waals surface area contributed by atoms with Gasteiger partial charge in [-0.05, 0) is 24.5 Å². The fourth-order valence-electron chi connectivity index (χ4n) is 2.84. The smallest absolute Gasteiger partial charge is 0.407 e. The van der Waals surface area contributed by atoms with Gasteiger partial charge in [0, 0.05) is 31.1 Å². The number of likely N-dealkylation sites (tertiary alicyclic amines) is 1. The number of rotatable bonds is 3. The maximum Gasteiger partial charge on any atom is 0.407 e. The molecule has 0 saturated carbocycles. The summed E-state index contributed by atoms with van der Waals surface area (Å²) in [5.41, 5.74) is 1.36. The van der Waals surface area contributed by atoms with E-state index in [1.807, 2.05) is 27.7 Å². The molecule has 2 N–H and O–H groups in total. The van der Waals surface area contributed by atoms with Gasteiger partial charge in [-0.1, -0.05) is 38.5 Å². The molecule has 1 fully saturated rings. The average Bonchev–Trinajstić information content (AvgIpc) is 2.52. The molecule has 1 aromatic carbocycles. The van der Waals surface area contributed by atoms with Crippen LogP contribution in [0.5, 0.6) is 0 Å². The minimum atomic E-state index is -3.73. The molecule has 1 saturated heterocycles. The second-order valence-electron chi connectivity index (χ2n) is 7.40. The SMILES string of the molecule is Cc1ccc(S(=O)(=O)NN=C2CCN(C(=O)O)C(C(C)(C)C)C2)cc1. The van der Waals surface area contributed by atoms with Crippen molar-refractivity contribution in [3.63, 3.8) is 0 Å². The van der Waals surface area contributed by atoms with E-state index in [4.69, 9.17) is 0 Å². The summed E-state index contributed by atoms with van der Waals surface area (Å²) in [4.78, 5) is 15.3. The predicted molar refractivity (Wildman–Crippen MR) is 96.1 cm³/mol. The molecule has 0 radical (unpaired) electrons. The minimum absolute atomic E-state index is 0.151. The van der Waals surface area contributed by atoms with Crippen LogP contribution in [0.3, 0.4) is 0 Å². The quantitative estimate of drug-likeness (QED) is 0.803. The van der Waals surface area contributed by atoms with Gasteiger partial charge >= 0.3 is 6.09 Å². The molecule has 0 bridgehead atoms. The normalized spacial score (nSPS) is 20.6. The molecule has 0 aromatic heterocycles. The Labute approximate surface area is 148 Å². The molecule has 1 atom stereocenters. The highest BCUT2D eigenvalue weighted by atomic mass is 32.2. The van der Waals surface area contributed by atoms with Crippen LogP contribution in [0.25, 0.3) is 0 Å². The molecule has 1 unspecified atom stereocenters. The lowest BCUT2D eigenvalue weighted by atomic mass is 9.80. The summed E-state index contributed by atoms with van der Waals surface area (Å²) < 4.78 is 24.6. The molecule has 25 heavy (non-hydrogen) atoms.